The molecule has 1 aliphatic rings. The molecular weight excluding hydrogens is 298 g/mol. The molecule has 1 fully saturated rings. The lowest BCUT2D eigenvalue weighted by atomic mass is 9.87. The Kier molecular flexibility index (Phi) is 3.98. The minimum atomic E-state index is -0.844. The standard InChI is InChI=1S/C17H17NO3S/c1-11-4-6-12(7-5-11)18-15(19)9-8-13(17(20)21)16(18)14-3-2-10-22-14/h2-7,10,13,16H,8-9H2,1H3,(H,20,21)/t13-,16-/m0/s1. The fourth-order valence-corrected chi connectivity index (χ4v) is 3.83. The number of carboxylic acids is 1. The number of hydrogen-bond donors (Lipinski definition) is 1. The molecule has 1 amide bonds. The highest BCUT2D eigenvalue weighted by atomic mass is 32.1. The number of hydrogen-bond acceptors (Lipinski definition) is 3. The minimum Gasteiger partial charge on any atom is -0.481 e. The van der Waals surface area contributed by atoms with E-state index in [0.717, 1.165) is 16.1 Å². The van der Waals surface area contributed by atoms with Crippen molar-refractivity contribution in [3.05, 3.63) is 52.2 Å². The summed E-state index contributed by atoms with van der Waals surface area (Å²) in [4.78, 5) is 26.7. The lowest BCUT2D eigenvalue weighted by Crippen LogP contribution is -2.45. The predicted octanol–water partition coefficient (Wildman–Crippen LogP) is 3.63. The highest BCUT2D eigenvalue weighted by molar-refractivity contribution is 7.10. The Balaban J connectivity index is 2.07. The lowest BCUT2D eigenvalue weighted by Gasteiger charge is -2.39. The van der Waals surface area contributed by atoms with E-state index in [9.17, 15) is 14.7 Å². The van der Waals surface area contributed by atoms with Crippen LogP contribution >= 0.6 is 11.3 Å². The van der Waals surface area contributed by atoms with E-state index >= 15 is 0 Å². The average Bonchev–Trinajstić information content (AvgIpc) is 3.01. The number of piperidine rings is 1. The van der Waals surface area contributed by atoms with Crippen molar-refractivity contribution in [3.8, 4) is 0 Å². The normalized spacial score (nSPS) is 21.9. The van der Waals surface area contributed by atoms with Crippen LogP contribution < -0.4 is 4.90 Å². The van der Waals surface area contributed by atoms with Crippen LogP contribution in [0.3, 0.4) is 0 Å². The van der Waals surface area contributed by atoms with Gasteiger partial charge in [0.15, 0.2) is 0 Å². The summed E-state index contributed by atoms with van der Waals surface area (Å²) in [6, 6.07) is 11.0. The summed E-state index contributed by atoms with van der Waals surface area (Å²) in [5, 5.41) is 11.5. The van der Waals surface area contributed by atoms with E-state index in [0.29, 0.717) is 6.42 Å². The number of thiophene rings is 1. The Morgan fingerprint density at radius 3 is 2.59 bits per heavy atom. The summed E-state index contributed by atoms with van der Waals surface area (Å²) in [7, 11) is 0. The van der Waals surface area contributed by atoms with E-state index in [1.54, 1.807) is 4.90 Å². The van der Waals surface area contributed by atoms with E-state index in [1.165, 1.54) is 11.3 Å². The molecule has 0 saturated carbocycles. The second kappa shape index (κ2) is 5.93. The van der Waals surface area contributed by atoms with Crippen molar-refractivity contribution >= 4 is 28.9 Å². The molecule has 0 bridgehead atoms. The van der Waals surface area contributed by atoms with Crippen LogP contribution in [0.15, 0.2) is 41.8 Å². The maximum Gasteiger partial charge on any atom is 0.309 e. The maximum absolute atomic E-state index is 12.5. The van der Waals surface area contributed by atoms with Crippen LogP contribution in [0.1, 0.15) is 29.3 Å². The van der Waals surface area contributed by atoms with E-state index in [4.69, 9.17) is 0 Å². The van der Waals surface area contributed by atoms with Gasteiger partial charge in [-0.3, -0.25) is 9.59 Å². The van der Waals surface area contributed by atoms with E-state index < -0.39 is 17.9 Å². The molecular formula is C17H17NO3S. The zero-order chi connectivity index (χ0) is 15.7. The second-order valence-electron chi connectivity index (χ2n) is 5.54. The van der Waals surface area contributed by atoms with E-state index in [-0.39, 0.29) is 12.3 Å². The SMILES string of the molecule is Cc1ccc(N2C(=O)CC[C@H](C(=O)O)[C@H]2c2cccs2)cc1. The van der Waals surface area contributed by atoms with Crippen molar-refractivity contribution in [2.24, 2.45) is 5.92 Å². The second-order valence-corrected chi connectivity index (χ2v) is 6.52. The molecule has 0 radical (unpaired) electrons. The van der Waals surface area contributed by atoms with Gasteiger partial charge in [-0.05, 0) is 36.9 Å². The summed E-state index contributed by atoms with van der Waals surface area (Å²) in [6.07, 6.45) is 0.659. The van der Waals surface area contributed by atoms with Crippen molar-refractivity contribution in [1.82, 2.24) is 0 Å². The van der Waals surface area contributed by atoms with Gasteiger partial charge in [-0.2, -0.15) is 0 Å². The third-order valence-corrected chi connectivity index (χ3v) is 5.00. The van der Waals surface area contributed by atoms with Crippen molar-refractivity contribution in [2.45, 2.75) is 25.8 Å². The molecule has 1 N–H and O–H groups in total. The van der Waals surface area contributed by atoms with Gasteiger partial charge in [0.25, 0.3) is 0 Å². The highest BCUT2D eigenvalue weighted by Crippen LogP contribution is 2.41. The van der Waals surface area contributed by atoms with E-state index in [1.807, 2.05) is 48.7 Å². The molecule has 1 aliphatic heterocycles. The number of anilines is 1. The van der Waals surface area contributed by atoms with Gasteiger partial charge in [0, 0.05) is 17.0 Å². The summed E-state index contributed by atoms with van der Waals surface area (Å²) >= 11 is 1.50. The summed E-state index contributed by atoms with van der Waals surface area (Å²) < 4.78 is 0. The van der Waals surface area contributed by atoms with Crippen LogP contribution in [-0.4, -0.2) is 17.0 Å². The molecule has 2 aromatic rings. The van der Waals surface area contributed by atoms with Gasteiger partial charge in [-0.15, -0.1) is 11.3 Å². The van der Waals surface area contributed by atoms with Gasteiger partial charge in [-0.25, -0.2) is 0 Å². The zero-order valence-electron chi connectivity index (χ0n) is 12.2. The van der Waals surface area contributed by atoms with Crippen molar-refractivity contribution in [2.75, 3.05) is 4.90 Å². The Bertz CT molecular complexity index is 678. The quantitative estimate of drug-likeness (QED) is 0.941. The molecule has 1 aromatic carbocycles. The number of benzene rings is 1. The number of aryl methyl sites for hydroxylation is 1. The molecule has 22 heavy (non-hydrogen) atoms. The summed E-state index contributed by atoms with van der Waals surface area (Å²) in [6.45, 7) is 1.98. The van der Waals surface area contributed by atoms with Gasteiger partial charge >= 0.3 is 5.97 Å². The van der Waals surface area contributed by atoms with E-state index in [2.05, 4.69) is 0 Å². The molecule has 3 rings (SSSR count). The number of amides is 1. The van der Waals surface area contributed by atoms with Crippen LogP contribution in [-0.2, 0) is 9.59 Å². The summed E-state index contributed by atoms with van der Waals surface area (Å²) in [5.41, 5.74) is 1.87. The number of carboxylic acid groups (broad SMARTS) is 1. The Hall–Kier alpha value is -2.14. The third kappa shape index (κ3) is 2.64. The predicted molar refractivity (Wildman–Crippen MR) is 86.1 cm³/mol. The molecule has 4 nitrogen and oxygen atoms in total. The molecule has 0 aliphatic carbocycles. The number of aliphatic carboxylic acids is 1. The fraction of sp³-hybridized carbons (Fsp3) is 0.294. The topological polar surface area (TPSA) is 57.6 Å². The first-order valence-electron chi connectivity index (χ1n) is 7.23. The van der Waals surface area contributed by atoms with Gasteiger partial charge < -0.3 is 10.0 Å². The molecule has 0 spiro atoms. The van der Waals surface area contributed by atoms with Crippen molar-refractivity contribution in [3.63, 3.8) is 0 Å². The van der Waals surface area contributed by atoms with Crippen molar-refractivity contribution in [1.29, 1.82) is 0 Å². The first-order valence-corrected chi connectivity index (χ1v) is 8.11. The molecule has 2 heterocycles. The van der Waals surface area contributed by atoms with Crippen LogP contribution in [0.2, 0.25) is 0 Å². The highest BCUT2D eigenvalue weighted by Gasteiger charge is 2.41. The molecule has 1 saturated heterocycles. The molecule has 1 aromatic heterocycles. The number of carbonyl (C=O) groups is 2. The van der Waals surface area contributed by atoms with Gasteiger partial charge in [0.1, 0.15) is 0 Å². The number of nitrogens with zero attached hydrogens (tertiary/aromatic N) is 1. The first kappa shape index (κ1) is 14.8. The Morgan fingerprint density at radius 2 is 2.00 bits per heavy atom. The van der Waals surface area contributed by atoms with Crippen LogP contribution in [0, 0.1) is 12.8 Å². The van der Waals surface area contributed by atoms with Crippen LogP contribution in [0.5, 0.6) is 0 Å². The Morgan fingerprint density at radius 1 is 1.27 bits per heavy atom. The summed E-state index contributed by atoms with van der Waals surface area (Å²) in [5.74, 6) is -1.43. The molecule has 2 atom stereocenters. The van der Waals surface area contributed by atoms with Crippen molar-refractivity contribution < 1.29 is 14.7 Å². The number of carbonyl (C=O) groups excluding carboxylic acids is 1. The third-order valence-electron chi connectivity index (χ3n) is 4.06. The smallest absolute Gasteiger partial charge is 0.309 e. The molecule has 114 valence electrons. The Labute approximate surface area is 133 Å². The maximum atomic E-state index is 12.5. The fourth-order valence-electron chi connectivity index (χ4n) is 2.95. The molecule has 0 unspecified atom stereocenters. The van der Waals surface area contributed by atoms with Gasteiger partial charge in [0.05, 0.1) is 12.0 Å². The first-order chi connectivity index (χ1) is 10.6. The number of rotatable bonds is 3. The van der Waals surface area contributed by atoms with Gasteiger partial charge in [0.2, 0.25) is 5.91 Å². The lowest BCUT2D eigenvalue weighted by molar-refractivity contribution is -0.144. The zero-order valence-corrected chi connectivity index (χ0v) is 13.0. The van der Waals surface area contributed by atoms with Gasteiger partial charge in [-0.1, -0.05) is 23.8 Å². The largest absolute Gasteiger partial charge is 0.481 e. The van der Waals surface area contributed by atoms with Crippen LogP contribution in [0.4, 0.5) is 5.69 Å². The molecule has 5 heteroatoms. The van der Waals surface area contributed by atoms with Crippen LogP contribution in [0.25, 0.3) is 0 Å². The average molecular weight is 315 g/mol. The minimum absolute atomic E-state index is 0.0141. The monoisotopic (exact) mass is 315 g/mol.